The van der Waals surface area contributed by atoms with Gasteiger partial charge in [-0.05, 0) is 49.2 Å². The molecule has 0 N–H and O–H groups in total. The first kappa shape index (κ1) is 16.9. The molecule has 1 saturated heterocycles. The summed E-state index contributed by atoms with van der Waals surface area (Å²) >= 11 is 0. The normalized spacial score (nSPS) is 16.8. The molecule has 1 heterocycles. The largest absolute Gasteiger partial charge is 0.370 e. The number of anilines is 1. The summed E-state index contributed by atoms with van der Waals surface area (Å²) in [4.78, 5) is 2.39. The van der Waals surface area contributed by atoms with Crippen LogP contribution in [0.3, 0.4) is 0 Å². The van der Waals surface area contributed by atoms with Crippen LogP contribution in [0.5, 0.6) is 0 Å². The van der Waals surface area contributed by atoms with Crippen LogP contribution < -0.4 is 4.90 Å². The van der Waals surface area contributed by atoms with Crippen molar-refractivity contribution >= 4 is 15.7 Å². The van der Waals surface area contributed by atoms with Crippen molar-refractivity contribution in [3.8, 4) is 0 Å². The molecule has 6 heteroatoms. The Kier molecular flexibility index (Phi) is 4.87. The molecule has 0 unspecified atom stereocenters. The maximum Gasteiger partial charge on any atom is 0.243 e. The van der Waals surface area contributed by atoms with Gasteiger partial charge in [0.15, 0.2) is 0 Å². The van der Waals surface area contributed by atoms with Crippen molar-refractivity contribution in [2.75, 3.05) is 31.1 Å². The van der Waals surface area contributed by atoms with Crippen molar-refractivity contribution in [2.24, 2.45) is 0 Å². The van der Waals surface area contributed by atoms with E-state index in [9.17, 15) is 12.8 Å². The summed E-state index contributed by atoms with van der Waals surface area (Å²) in [5.41, 5.74) is 1.55. The first-order valence-corrected chi connectivity index (χ1v) is 9.49. The predicted molar refractivity (Wildman–Crippen MR) is 93.2 cm³/mol. The number of sulfonamides is 1. The van der Waals surface area contributed by atoms with Gasteiger partial charge >= 0.3 is 0 Å². The molecule has 4 nitrogen and oxygen atoms in total. The van der Waals surface area contributed by atoms with E-state index in [0.717, 1.165) is 18.7 Å². The molecule has 2 aromatic carbocycles. The second kappa shape index (κ2) is 6.91. The summed E-state index contributed by atoms with van der Waals surface area (Å²) < 4.78 is 40.6. The molecule has 1 aliphatic rings. The average Bonchev–Trinajstić information content (AvgIpc) is 2.82. The van der Waals surface area contributed by atoms with Crippen LogP contribution in [-0.2, 0) is 10.0 Å². The second-order valence-electron chi connectivity index (χ2n) is 5.99. The molecule has 0 amide bonds. The molecule has 1 aliphatic heterocycles. The van der Waals surface area contributed by atoms with Gasteiger partial charge in [-0.15, -0.1) is 0 Å². The Hall–Kier alpha value is -1.92. The molecule has 1 fully saturated rings. The minimum absolute atomic E-state index is 0.192. The van der Waals surface area contributed by atoms with Gasteiger partial charge in [-0.2, -0.15) is 4.31 Å². The Morgan fingerprint density at radius 3 is 2.42 bits per heavy atom. The lowest BCUT2D eigenvalue weighted by Crippen LogP contribution is -2.35. The summed E-state index contributed by atoms with van der Waals surface area (Å²) in [7, 11) is -3.60. The molecule has 0 atom stereocenters. The fraction of sp³-hybridized carbons (Fsp3) is 0.333. The highest BCUT2D eigenvalue weighted by atomic mass is 32.2. The van der Waals surface area contributed by atoms with Crippen LogP contribution >= 0.6 is 0 Å². The van der Waals surface area contributed by atoms with E-state index in [-0.39, 0.29) is 4.90 Å². The number of hydrogen-bond donors (Lipinski definition) is 0. The van der Waals surface area contributed by atoms with Gasteiger partial charge in [0.1, 0.15) is 5.82 Å². The van der Waals surface area contributed by atoms with E-state index in [1.54, 1.807) is 6.92 Å². The quantitative estimate of drug-likeness (QED) is 0.856. The maximum absolute atomic E-state index is 13.3. The van der Waals surface area contributed by atoms with Gasteiger partial charge in [-0.3, -0.25) is 0 Å². The smallest absolute Gasteiger partial charge is 0.243 e. The molecule has 0 aromatic heterocycles. The Bertz CT molecular complexity index is 809. The van der Waals surface area contributed by atoms with Crippen LogP contribution in [0, 0.1) is 12.7 Å². The molecule has 0 spiro atoms. The van der Waals surface area contributed by atoms with E-state index in [0.29, 0.717) is 25.2 Å². The predicted octanol–water partition coefficient (Wildman–Crippen LogP) is 3.04. The molecular weight excluding hydrogens is 327 g/mol. The van der Waals surface area contributed by atoms with E-state index >= 15 is 0 Å². The summed E-state index contributed by atoms with van der Waals surface area (Å²) in [5.74, 6) is -0.419. The first-order chi connectivity index (χ1) is 11.5. The van der Waals surface area contributed by atoms with E-state index in [1.165, 1.54) is 22.5 Å². The Labute approximate surface area is 142 Å². The molecule has 0 radical (unpaired) electrons. The lowest BCUT2D eigenvalue weighted by Gasteiger charge is -2.24. The highest BCUT2D eigenvalue weighted by molar-refractivity contribution is 7.89. The van der Waals surface area contributed by atoms with Crippen LogP contribution in [0.15, 0.2) is 53.4 Å². The molecule has 24 heavy (non-hydrogen) atoms. The monoisotopic (exact) mass is 348 g/mol. The number of nitrogens with zero attached hydrogens (tertiary/aromatic N) is 2. The van der Waals surface area contributed by atoms with E-state index in [4.69, 9.17) is 0 Å². The Morgan fingerprint density at radius 1 is 0.958 bits per heavy atom. The lowest BCUT2D eigenvalue weighted by atomic mass is 10.2. The summed E-state index contributed by atoms with van der Waals surface area (Å²) in [6, 6.07) is 13.8. The van der Waals surface area contributed by atoms with Gasteiger partial charge < -0.3 is 4.90 Å². The maximum atomic E-state index is 13.3. The molecule has 0 saturated carbocycles. The number of rotatable bonds is 3. The van der Waals surface area contributed by atoms with Crippen LogP contribution in [0.4, 0.5) is 10.1 Å². The minimum Gasteiger partial charge on any atom is -0.370 e. The van der Waals surface area contributed by atoms with Crippen LogP contribution in [-0.4, -0.2) is 38.9 Å². The number of para-hydroxylation sites is 1. The molecule has 3 rings (SSSR count). The number of halogens is 1. The summed E-state index contributed by atoms with van der Waals surface area (Å²) in [6.07, 6.45) is 0.758. The Morgan fingerprint density at radius 2 is 1.71 bits per heavy atom. The van der Waals surface area contributed by atoms with Gasteiger partial charge in [-0.25, -0.2) is 12.8 Å². The van der Waals surface area contributed by atoms with Gasteiger partial charge in [0.2, 0.25) is 10.0 Å². The molecule has 0 bridgehead atoms. The zero-order valence-corrected chi connectivity index (χ0v) is 14.5. The number of hydrogen-bond acceptors (Lipinski definition) is 3. The average molecular weight is 348 g/mol. The fourth-order valence-corrected chi connectivity index (χ4v) is 4.75. The highest BCUT2D eigenvalue weighted by Gasteiger charge is 2.28. The summed E-state index contributed by atoms with van der Waals surface area (Å²) in [5, 5.41) is 0. The van der Waals surface area contributed by atoms with Crippen LogP contribution in [0.1, 0.15) is 12.0 Å². The molecule has 128 valence electrons. The number of aryl methyl sites for hydroxylation is 1. The second-order valence-corrected chi connectivity index (χ2v) is 7.90. The van der Waals surface area contributed by atoms with Crippen molar-refractivity contribution in [1.29, 1.82) is 0 Å². The zero-order valence-electron chi connectivity index (χ0n) is 13.7. The van der Waals surface area contributed by atoms with Gasteiger partial charge in [0.05, 0.1) is 4.90 Å². The van der Waals surface area contributed by atoms with Gasteiger partial charge in [0.25, 0.3) is 0 Å². The third-order valence-corrected chi connectivity index (χ3v) is 6.39. The number of benzene rings is 2. The fourth-order valence-electron chi connectivity index (χ4n) is 3.07. The standard InChI is InChI=1S/C18H21FN2O2S/c1-15-14-16(19)8-9-18(15)24(22,23)21-11-5-10-20(12-13-21)17-6-3-2-4-7-17/h2-4,6-9,14H,5,10-13H2,1H3. The Balaban J connectivity index is 1.80. The SMILES string of the molecule is Cc1cc(F)ccc1S(=O)(=O)N1CCCN(c2ccccc2)CC1. The van der Waals surface area contributed by atoms with Crippen LogP contribution in [0.25, 0.3) is 0 Å². The first-order valence-electron chi connectivity index (χ1n) is 8.05. The van der Waals surface area contributed by atoms with E-state index in [2.05, 4.69) is 4.90 Å². The van der Waals surface area contributed by atoms with Crippen molar-refractivity contribution in [3.05, 3.63) is 59.9 Å². The minimum atomic E-state index is -3.60. The van der Waals surface area contributed by atoms with Crippen molar-refractivity contribution in [3.63, 3.8) is 0 Å². The third kappa shape index (κ3) is 3.44. The lowest BCUT2D eigenvalue weighted by molar-refractivity contribution is 0.432. The zero-order chi connectivity index (χ0) is 17.2. The van der Waals surface area contributed by atoms with E-state index in [1.807, 2.05) is 30.3 Å². The van der Waals surface area contributed by atoms with Crippen LogP contribution in [0.2, 0.25) is 0 Å². The van der Waals surface area contributed by atoms with Crippen molar-refractivity contribution in [2.45, 2.75) is 18.2 Å². The van der Waals surface area contributed by atoms with Crippen molar-refractivity contribution in [1.82, 2.24) is 4.31 Å². The highest BCUT2D eigenvalue weighted by Crippen LogP contribution is 2.23. The summed E-state index contributed by atoms with van der Waals surface area (Å²) in [6.45, 7) is 3.99. The van der Waals surface area contributed by atoms with Gasteiger partial charge in [0, 0.05) is 31.9 Å². The third-order valence-electron chi connectivity index (χ3n) is 4.33. The van der Waals surface area contributed by atoms with Gasteiger partial charge in [-0.1, -0.05) is 18.2 Å². The topological polar surface area (TPSA) is 40.6 Å². The molecule has 2 aromatic rings. The molecule has 0 aliphatic carbocycles. The van der Waals surface area contributed by atoms with Crippen molar-refractivity contribution < 1.29 is 12.8 Å². The van der Waals surface area contributed by atoms with E-state index < -0.39 is 15.8 Å². The molecular formula is C18H21FN2O2S.